The van der Waals surface area contributed by atoms with Crippen LogP contribution in [0.4, 0.5) is 14.9 Å². The van der Waals surface area contributed by atoms with E-state index in [4.69, 9.17) is 9.47 Å². The molecule has 0 aliphatic heterocycles. The Morgan fingerprint density at radius 1 is 0.974 bits per heavy atom. The van der Waals surface area contributed by atoms with Crippen LogP contribution in [0.2, 0.25) is 0 Å². The molecule has 8 nitrogen and oxygen atoms in total. The molecule has 3 rings (SSSR count). The van der Waals surface area contributed by atoms with Crippen LogP contribution in [-0.4, -0.2) is 61.1 Å². The number of anilines is 1. The number of esters is 1. The zero-order chi connectivity index (χ0) is 27.3. The number of nitrogens with one attached hydrogen (secondary N) is 1. The Morgan fingerprint density at radius 2 is 1.71 bits per heavy atom. The Balaban J connectivity index is 1.72. The van der Waals surface area contributed by atoms with Crippen molar-refractivity contribution in [3.8, 4) is 0 Å². The highest BCUT2D eigenvalue weighted by atomic mass is 32.1. The first kappa shape index (κ1) is 28.8. The molecule has 0 saturated heterocycles. The third kappa shape index (κ3) is 8.97. The number of carbonyl (C=O) groups is 3. The Bertz CT molecular complexity index is 1170. The van der Waals surface area contributed by atoms with Gasteiger partial charge in [-0.1, -0.05) is 18.2 Å². The first-order valence-corrected chi connectivity index (χ1v) is 13.1. The topological polar surface area (TPSA) is 88.2 Å². The Morgan fingerprint density at radius 3 is 2.34 bits per heavy atom. The molecular formula is C28H32FN3O5S. The molecule has 0 spiro atoms. The van der Waals surface area contributed by atoms with E-state index < -0.39 is 12.0 Å². The predicted molar refractivity (Wildman–Crippen MR) is 144 cm³/mol. The van der Waals surface area contributed by atoms with Crippen LogP contribution in [0.1, 0.15) is 34.1 Å². The van der Waals surface area contributed by atoms with Crippen LogP contribution in [0.15, 0.2) is 66.0 Å². The highest BCUT2D eigenvalue weighted by Gasteiger charge is 2.22. The van der Waals surface area contributed by atoms with Gasteiger partial charge in [-0.2, -0.15) is 0 Å². The maximum absolute atomic E-state index is 13.5. The predicted octanol–water partition coefficient (Wildman–Crippen LogP) is 5.16. The molecule has 1 aromatic heterocycles. The van der Waals surface area contributed by atoms with E-state index in [-0.39, 0.29) is 31.4 Å². The summed E-state index contributed by atoms with van der Waals surface area (Å²) in [6, 6.07) is 15.8. The normalized spacial score (nSPS) is 10.6. The standard InChI is InChI=1S/C28H32FN3O5S/c1-3-37-27(34)22-9-13-24(14-10-22)30-28(35)31(15-5-16-36-2)20-26(33)32(19-25-6-4-17-38-25)18-21-7-11-23(29)12-8-21/h4,6-14,17H,3,5,15-16,18-20H2,1-2H3,(H,30,35). The molecular weight excluding hydrogens is 509 g/mol. The maximum Gasteiger partial charge on any atom is 0.338 e. The van der Waals surface area contributed by atoms with Crippen molar-refractivity contribution in [3.05, 3.63) is 87.9 Å². The van der Waals surface area contributed by atoms with Crippen LogP contribution >= 0.6 is 11.3 Å². The fourth-order valence-corrected chi connectivity index (χ4v) is 4.37. The molecule has 10 heteroatoms. The lowest BCUT2D eigenvalue weighted by Gasteiger charge is -2.28. The molecule has 0 radical (unpaired) electrons. The van der Waals surface area contributed by atoms with Gasteiger partial charge in [-0.05, 0) is 66.8 Å². The second-order valence-corrected chi connectivity index (χ2v) is 9.48. The lowest BCUT2D eigenvalue weighted by Crippen LogP contribution is -2.44. The number of urea groups is 1. The number of halogens is 1. The number of carbonyl (C=O) groups excluding carboxylic acids is 3. The number of benzene rings is 2. The van der Waals surface area contributed by atoms with E-state index in [0.717, 1.165) is 10.4 Å². The minimum atomic E-state index is -0.448. The molecule has 38 heavy (non-hydrogen) atoms. The van der Waals surface area contributed by atoms with Crippen LogP contribution < -0.4 is 5.32 Å². The van der Waals surface area contributed by atoms with E-state index in [1.807, 2.05) is 17.5 Å². The average molecular weight is 542 g/mol. The summed E-state index contributed by atoms with van der Waals surface area (Å²) in [5.41, 5.74) is 1.64. The zero-order valence-electron chi connectivity index (χ0n) is 21.5. The zero-order valence-corrected chi connectivity index (χ0v) is 22.3. The van der Waals surface area contributed by atoms with Crippen molar-refractivity contribution in [2.75, 3.05) is 38.7 Å². The number of hydrogen-bond donors (Lipinski definition) is 1. The summed E-state index contributed by atoms with van der Waals surface area (Å²) in [6.07, 6.45) is 0.544. The summed E-state index contributed by atoms with van der Waals surface area (Å²) in [5, 5.41) is 4.73. The number of nitrogens with zero attached hydrogens (tertiary/aromatic N) is 2. The van der Waals surface area contributed by atoms with E-state index in [2.05, 4.69) is 5.32 Å². The molecule has 0 aliphatic carbocycles. The van der Waals surface area contributed by atoms with Gasteiger partial charge in [0.25, 0.3) is 0 Å². The van der Waals surface area contributed by atoms with Gasteiger partial charge >= 0.3 is 12.0 Å². The molecule has 0 bridgehead atoms. The second-order valence-electron chi connectivity index (χ2n) is 8.45. The number of methoxy groups -OCH3 is 1. The molecule has 0 fully saturated rings. The minimum absolute atomic E-state index is 0.150. The van der Waals surface area contributed by atoms with Gasteiger partial charge < -0.3 is 24.6 Å². The smallest absolute Gasteiger partial charge is 0.338 e. The summed E-state index contributed by atoms with van der Waals surface area (Å²) in [5.74, 6) is -1.03. The van der Waals surface area contributed by atoms with Crippen LogP contribution in [0, 0.1) is 5.82 Å². The van der Waals surface area contributed by atoms with Gasteiger partial charge in [-0.25, -0.2) is 14.0 Å². The van der Waals surface area contributed by atoms with Gasteiger partial charge in [-0.3, -0.25) is 4.79 Å². The maximum atomic E-state index is 13.5. The lowest BCUT2D eigenvalue weighted by molar-refractivity contribution is -0.133. The monoisotopic (exact) mass is 541 g/mol. The van der Waals surface area contributed by atoms with Crippen molar-refractivity contribution >= 4 is 34.9 Å². The second kappa shape index (κ2) is 14.8. The number of thiophene rings is 1. The average Bonchev–Trinajstić information content (AvgIpc) is 3.43. The van der Waals surface area contributed by atoms with Gasteiger partial charge in [0.15, 0.2) is 0 Å². The Labute approximate surface area is 226 Å². The number of amides is 3. The lowest BCUT2D eigenvalue weighted by atomic mass is 10.2. The summed E-state index contributed by atoms with van der Waals surface area (Å²) in [4.78, 5) is 42.6. The van der Waals surface area contributed by atoms with Crippen LogP contribution in [0.3, 0.4) is 0 Å². The SMILES string of the molecule is CCOC(=O)c1ccc(NC(=O)N(CCCOC)CC(=O)N(Cc2ccc(F)cc2)Cc2cccs2)cc1. The van der Waals surface area contributed by atoms with E-state index >= 15 is 0 Å². The highest BCUT2D eigenvalue weighted by molar-refractivity contribution is 7.09. The minimum Gasteiger partial charge on any atom is -0.462 e. The number of rotatable bonds is 13. The van der Waals surface area contributed by atoms with Crippen molar-refractivity contribution in [1.82, 2.24) is 9.80 Å². The summed E-state index contributed by atoms with van der Waals surface area (Å²) >= 11 is 1.54. The highest BCUT2D eigenvalue weighted by Crippen LogP contribution is 2.17. The van der Waals surface area contributed by atoms with E-state index in [1.165, 1.54) is 28.4 Å². The molecule has 0 aliphatic rings. The number of hydrogen-bond acceptors (Lipinski definition) is 6. The van der Waals surface area contributed by atoms with Crippen molar-refractivity contribution in [2.45, 2.75) is 26.4 Å². The molecule has 0 atom stereocenters. The van der Waals surface area contributed by atoms with Crippen molar-refractivity contribution in [3.63, 3.8) is 0 Å². The van der Waals surface area contributed by atoms with E-state index in [1.54, 1.807) is 55.3 Å². The molecule has 3 amide bonds. The molecule has 0 saturated carbocycles. The van der Waals surface area contributed by atoms with Gasteiger partial charge in [0.1, 0.15) is 12.4 Å². The van der Waals surface area contributed by atoms with E-state index in [9.17, 15) is 18.8 Å². The molecule has 3 aromatic rings. The van der Waals surface area contributed by atoms with Gasteiger partial charge in [-0.15, -0.1) is 11.3 Å². The summed E-state index contributed by atoms with van der Waals surface area (Å²) in [6.45, 7) is 3.23. The Kier molecular flexibility index (Phi) is 11.3. The Hall–Kier alpha value is -3.76. The fraction of sp³-hybridized carbons (Fsp3) is 0.321. The first-order valence-electron chi connectivity index (χ1n) is 12.3. The molecule has 2 aromatic carbocycles. The third-order valence-corrected chi connectivity index (χ3v) is 6.46. The molecule has 1 N–H and O–H groups in total. The van der Waals surface area contributed by atoms with Crippen molar-refractivity contribution in [1.29, 1.82) is 0 Å². The molecule has 202 valence electrons. The quantitative estimate of drug-likeness (QED) is 0.239. The third-order valence-electron chi connectivity index (χ3n) is 5.60. The molecule has 0 unspecified atom stereocenters. The van der Waals surface area contributed by atoms with Gasteiger partial charge in [0.05, 0.1) is 18.7 Å². The van der Waals surface area contributed by atoms with E-state index in [0.29, 0.717) is 37.4 Å². The number of ether oxygens (including phenoxy) is 2. The van der Waals surface area contributed by atoms with Crippen LogP contribution in [0.5, 0.6) is 0 Å². The molecule has 1 heterocycles. The van der Waals surface area contributed by atoms with Crippen LogP contribution in [0.25, 0.3) is 0 Å². The summed E-state index contributed by atoms with van der Waals surface area (Å²) in [7, 11) is 1.58. The van der Waals surface area contributed by atoms with Crippen molar-refractivity contribution < 1.29 is 28.2 Å². The fourth-order valence-electron chi connectivity index (χ4n) is 3.66. The summed E-state index contributed by atoms with van der Waals surface area (Å²) < 4.78 is 23.5. The van der Waals surface area contributed by atoms with Gasteiger partial charge in [0.2, 0.25) is 5.91 Å². The van der Waals surface area contributed by atoms with Crippen LogP contribution in [-0.2, 0) is 27.4 Å². The first-order chi connectivity index (χ1) is 18.4. The largest absolute Gasteiger partial charge is 0.462 e. The van der Waals surface area contributed by atoms with Gasteiger partial charge in [0, 0.05) is 37.4 Å². The van der Waals surface area contributed by atoms with Crippen molar-refractivity contribution in [2.24, 2.45) is 0 Å².